The van der Waals surface area contributed by atoms with Gasteiger partial charge in [-0.1, -0.05) is 13.8 Å². The highest BCUT2D eigenvalue weighted by Gasteiger charge is 2.08. The van der Waals surface area contributed by atoms with Crippen molar-refractivity contribution < 1.29 is 4.84 Å². The number of rotatable bonds is 5. The summed E-state index contributed by atoms with van der Waals surface area (Å²) in [4.78, 5) is 5.34. The van der Waals surface area contributed by atoms with Crippen LogP contribution in [0.4, 0.5) is 0 Å². The van der Waals surface area contributed by atoms with E-state index in [0.717, 1.165) is 12.3 Å². The van der Waals surface area contributed by atoms with Gasteiger partial charge in [0.15, 0.2) is 0 Å². The van der Waals surface area contributed by atoms with Crippen LogP contribution in [0.15, 0.2) is 12.3 Å². The third-order valence-electron chi connectivity index (χ3n) is 1.98. The van der Waals surface area contributed by atoms with Gasteiger partial charge in [0.05, 0.1) is 18.3 Å². The van der Waals surface area contributed by atoms with E-state index in [4.69, 9.17) is 4.84 Å². The van der Waals surface area contributed by atoms with Crippen molar-refractivity contribution in [3.63, 3.8) is 0 Å². The molecule has 1 rings (SSSR count). The fourth-order valence-corrected chi connectivity index (χ4v) is 1.21. The molecule has 0 saturated carbocycles. The maximum absolute atomic E-state index is 5.34. The smallest absolute Gasteiger partial charge is 0.0712 e. The summed E-state index contributed by atoms with van der Waals surface area (Å²) in [7, 11) is 1.93. The van der Waals surface area contributed by atoms with Gasteiger partial charge < -0.3 is 4.84 Å². The molecule has 0 spiro atoms. The predicted octanol–water partition coefficient (Wildman–Crippen LogP) is 1.66. The largest absolute Gasteiger partial charge is 0.301 e. The summed E-state index contributed by atoms with van der Waals surface area (Å²) in [6.45, 7) is 7.02. The zero-order valence-corrected chi connectivity index (χ0v) is 9.32. The Morgan fingerprint density at radius 3 is 2.71 bits per heavy atom. The van der Waals surface area contributed by atoms with Crippen LogP contribution in [0.2, 0.25) is 0 Å². The Bertz CT molecular complexity index is 270. The quantitative estimate of drug-likeness (QED) is 0.730. The third-order valence-corrected chi connectivity index (χ3v) is 1.98. The van der Waals surface area contributed by atoms with Gasteiger partial charge in [-0.15, -0.1) is 0 Å². The molecule has 0 radical (unpaired) electrons. The monoisotopic (exact) mass is 197 g/mol. The minimum atomic E-state index is 0.168. The summed E-state index contributed by atoms with van der Waals surface area (Å²) in [6.07, 6.45) is 1.79. The topological polar surface area (TPSA) is 39.1 Å². The summed E-state index contributed by atoms with van der Waals surface area (Å²) in [5.74, 6) is 0.543. The maximum atomic E-state index is 5.34. The molecular weight excluding hydrogens is 178 g/mol. The minimum absolute atomic E-state index is 0.168. The highest BCUT2D eigenvalue weighted by molar-refractivity contribution is 5.04. The third kappa shape index (κ3) is 3.12. The molecule has 0 bridgehead atoms. The molecule has 1 aromatic heterocycles. The Morgan fingerprint density at radius 1 is 1.50 bits per heavy atom. The summed E-state index contributed by atoms with van der Waals surface area (Å²) in [5, 5.41) is 4.10. The second kappa shape index (κ2) is 5.12. The molecule has 0 aliphatic rings. The van der Waals surface area contributed by atoms with Crippen LogP contribution in [-0.4, -0.2) is 16.4 Å². The van der Waals surface area contributed by atoms with Crippen molar-refractivity contribution in [1.29, 1.82) is 0 Å². The van der Waals surface area contributed by atoms with Gasteiger partial charge in [-0.05, 0) is 18.9 Å². The van der Waals surface area contributed by atoms with Crippen LogP contribution in [0, 0.1) is 5.92 Å². The molecule has 1 aromatic rings. The Labute approximate surface area is 85.2 Å². The van der Waals surface area contributed by atoms with Gasteiger partial charge in [0, 0.05) is 13.2 Å². The number of hydroxylamine groups is 1. The molecule has 1 N–H and O–H groups in total. The van der Waals surface area contributed by atoms with Crippen molar-refractivity contribution in [2.75, 3.05) is 6.61 Å². The number of hydrogen-bond acceptors (Lipinski definition) is 3. The molecule has 14 heavy (non-hydrogen) atoms. The van der Waals surface area contributed by atoms with Crippen LogP contribution in [0.3, 0.4) is 0 Å². The van der Waals surface area contributed by atoms with Crippen LogP contribution in [-0.2, 0) is 11.9 Å². The number of aromatic nitrogens is 2. The van der Waals surface area contributed by atoms with Gasteiger partial charge in [-0.25, -0.2) is 0 Å². The van der Waals surface area contributed by atoms with E-state index >= 15 is 0 Å². The van der Waals surface area contributed by atoms with Gasteiger partial charge >= 0.3 is 0 Å². The van der Waals surface area contributed by atoms with Crippen molar-refractivity contribution in [3.8, 4) is 0 Å². The first kappa shape index (κ1) is 11.2. The molecule has 80 valence electrons. The van der Waals surface area contributed by atoms with E-state index in [1.165, 1.54) is 0 Å². The van der Waals surface area contributed by atoms with E-state index in [1.54, 1.807) is 6.20 Å². The van der Waals surface area contributed by atoms with Crippen LogP contribution < -0.4 is 5.48 Å². The number of nitrogens with one attached hydrogen (secondary N) is 1. The molecule has 1 heterocycles. The van der Waals surface area contributed by atoms with Gasteiger partial charge in [0.2, 0.25) is 0 Å². The lowest BCUT2D eigenvalue weighted by Gasteiger charge is -2.14. The Kier molecular flexibility index (Phi) is 4.10. The second-order valence-electron chi connectivity index (χ2n) is 3.92. The first-order valence-corrected chi connectivity index (χ1v) is 4.96. The van der Waals surface area contributed by atoms with E-state index in [2.05, 4.69) is 31.3 Å². The Balaban J connectivity index is 2.36. The molecular formula is C10H19N3O. The lowest BCUT2D eigenvalue weighted by atomic mass is 10.2. The molecule has 0 fully saturated rings. The van der Waals surface area contributed by atoms with E-state index in [1.807, 2.05) is 17.8 Å². The molecule has 0 aliphatic heterocycles. The minimum Gasteiger partial charge on any atom is -0.301 e. The zero-order valence-electron chi connectivity index (χ0n) is 9.32. The van der Waals surface area contributed by atoms with Crippen molar-refractivity contribution in [3.05, 3.63) is 18.0 Å². The lowest BCUT2D eigenvalue weighted by molar-refractivity contribution is 0.00258. The van der Waals surface area contributed by atoms with Crippen LogP contribution >= 0.6 is 0 Å². The fraction of sp³-hybridized carbons (Fsp3) is 0.700. The molecule has 0 aliphatic carbocycles. The van der Waals surface area contributed by atoms with E-state index in [9.17, 15) is 0 Å². The highest BCUT2D eigenvalue weighted by Crippen LogP contribution is 2.09. The van der Waals surface area contributed by atoms with Crippen molar-refractivity contribution in [2.24, 2.45) is 13.0 Å². The molecule has 0 saturated heterocycles. The normalized spacial score (nSPS) is 13.5. The number of aryl methyl sites for hydroxylation is 1. The second-order valence-corrected chi connectivity index (χ2v) is 3.92. The molecule has 0 amide bonds. The lowest BCUT2D eigenvalue weighted by Crippen LogP contribution is -2.23. The predicted molar refractivity (Wildman–Crippen MR) is 55.5 cm³/mol. The average Bonchev–Trinajstić information content (AvgIpc) is 2.50. The first-order chi connectivity index (χ1) is 6.61. The van der Waals surface area contributed by atoms with Gasteiger partial charge in [0.25, 0.3) is 0 Å². The standard InChI is InChI=1S/C10H19N3O/c1-8(2)7-14-12-9(3)10-5-6-11-13(10)4/h5-6,8-9,12H,7H2,1-4H3. The molecule has 0 aromatic carbocycles. The summed E-state index contributed by atoms with van der Waals surface area (Å²) in [5.41, 5.74) is 4.12. The van der Waals surface area contributed by atoms with E-state index in [-0.39, 0.29) is 6.04 Å². The van der Waals surface area contributed by atoms with Crippen LogP contribution in [0.5, 0.6) is 0 Å². The van der Waals surface area contributed by atoms with Gasteiger partial charge in [0.1, 0.15) is 0 Å². The van der Waals surface area contributed by atoms with E-state index < -0.39 is 0 Å². The molecule has 4 heteroatoms. The molecule has 4 nitrogen and oxygen atoms in total. The molecule has 1 atom stereocenters. The Morgan fingerprint density at radius 2 is 2.21 bits per heavy atom. The average molecular weight is 197 g/mol. The fourth-order valence-electron chi connectivity index (χ4n) is 1.21. The Hall–Kier alpha value is -0.870. The maximum Gasteiger partial charge on any atom is 0.0712 e. The summed E-state index contributed by atoms with van der Waals surface area (Å²) < 4.78 is 1.84. The molecule has 1 unspecified atom stereocenters. The number of nitrogens with zero attached hydrogens (tertiary/aromatic N) is 2. The number of hydrogen-bond donors (Lipinski definition) is 1. The first-order valence-electron chi connectivity index (χ1n) is 4.96. The zero-order chi connectivity index (χ0) is 10.6. The summed E-state index contributed by atoms with van der Waals surface area (Å²) >= 11 is 0. The van der Waals surface area contributed by atoms with Crippen molar-refractivity contribution >= 4 is 0 Å². The van der Waals surface area contributed by atoms with Crippen molar-refractivity contribution in [2.45, 2.75) is 26.8 Å². The van der Waals surface area contributed by atoms with Gasteiger partial charge in [-0.3, -0.25) is 4.68 Å². The van der Waals surface area contributed by atoms with E-state index in [0.29, 0.717) is 5.92 Å². The van der Waals surface area contributed by atoms with Crippen molar-refractivity contribution in [1.82, 2.24) is 15.3 Å². The SMILES string of the molecule is CC(C)CONC(C)c1ccnn1C. The highest BCUT2D eigenvalue weighted by atomic mass is 16.6. The van der Waals surface area contributed by atoms with Crippen LogP contribution in [0.1, 0.15) is 32.5 Å². The van der Waals surface area contributed by atoms with Crippen LogP contribution in [0.25, 0.3) is 0 Å². The summed E-state index contributed by atoms with van der Waals surface area (Å²) in [6, 6.07) is 2.15. The van der Waals surface area contributed by atoms with Gasteiger partial charge in [-0.2, -0.15) is 10.6 Å².